The monoisotopic (exact) mass is 276 g/mol. The Morgan fingerprint density at radius 3 is 2.75 bits per heavy atom. The van der Waals surface area contributed by atoms with Gasteiger partial charge in [0.2, 0.25) is 5.89 Å². The zero-order valence-corrected chi connectivity index (χ0v) is 12.2. The third kappa shape index (κ3) is 2.72. The Hall–Kier alpha value is -1.76. The molecule has 1 aliphatic rings. The molecule has 20 heavy (non-hydrogen) atoms. The molecule has 7 heteroatoms. The number of likely N-dealkylation sites (tertiary alicyclic amines) is 1. The zero-order valence-electron chi connectivity index (χ0n) is 12.2. The van der Waals surface area contributed by atoms with Crippen LogP contribution in [0.25, 0.3) is 0 Å². The van der Waals surface area contributed by atoms with Crippen molar-refractivity contribution in [3.05, 3.63) is 23.4 Å². The van der Waals surface area contributed by atoms with Crippen LogP contribution in [0.3, 0.4) is 0 Å². The summed E-state index contributed by atoms with van der Waals surface area (Å²) in [6.07, 6.45) is 2.38. The third-order valence-electron chi connectivity index (χ3n) is 3.76. The minimum absolute atomic E-state index is 0.466. The van der Waals surface area contributed by atoms with E-state index >= 15 is 0 Å². The molecule has 0 bridgehead atoms. The molecule has 108 valence electrons. The fraction of sp³-hybridized carbons (Fsp3) is 0.692. The second-order valence-electron chi connectivity index (χ2n) is 5.38. The summed E-state index contributed by atoms with van der Waals surface area (Å²) in [7, 11) is 0. The lowest BCUT2D eigenvalue weighted by Gasteiger charge is -2.23. The molecule has 1 aliphatic heterocycles. The summed E-state index contributed by atoms with van der Waals surface area (Å²) in [5, 5.41) is 8.43. The van der Waals surface area contributed by atoms with Gasteiger partial charge in [-0.1, -0.05) is 5.16 Å². The highest BCUT2D eigenvalue weighted by Gasteiger charge is 2.27. The van der Waals surface area contributed by atoms with Crippen molar-refractivity contribution in [1.82, 2.24) is 29.8 Å². The lowest BCUT2D eigenvalue weighted by Crippen LogP contribution is -2.33. The van der Waals surface area contributed by atoms with E-state index in [-0.39, 0.29) is 0 Å². The maximum absolute atomic E-state index is 5.04. The van der Waals surface area contributed by atoms with Crippen LogP contribution in [0, 0.1) is 20.8 Å². The predicted molar refractivity (Wildman–Crippen MR) is 72.0 cm³/mol. The summed E-state index contributed by atoms with van der Waals surface area (Å²) in [6.45, 7) is 8.45. The Labute approximate surface area is 118 Å². The molecule has 0 aromatic carbocycles. The molecule has 1 atom stereocenters. The minimum Gasteiger partial charge on any atom is -0.340 e. The van der Waals surface area contributed by atoms with Gasteiger partial charge in [0.15, 0.2) is 5.82 Å². The maximum Gasteiger partial charge on any atom is 0.223 e. The minimum atomic E-state index is 0.466. The van der Waals surface area contributed by atoms with E-state index in [1.165, 1.54) is 12.8 Å². The molecule has 0 aliphatic carbocycles. The van der Waals surface area contributed by atoms with Crippen LogP contribution in [-0.4, -0.2) is 42.4 Å². The predicted octanol–water partition coefficient (Wildman–Crippen LogP) is 1.25. The molecule has 0 saturated carbocycles. The number of rotatable bonds is 4. The first-order chi connectivity index (χ1) is 9.61. The molecule has 2 aromatic heterocycles. The number of hydrogen-bond donors (Lipinski definition) is 0. The van der Waals surface area contributed by atoms with Gasteiger partial charge in [0.25, 0.3) is 0 Å². The second kappa shape index (κ2) is 5.32. The van der Waals surface area contributed by atoms with Gasteiger partial charge in [-0.3, -0.25) is 4.90 Å². The van der Waals surface area contributed by atoms with Crippen LogP contribution in [0.4, 0.5) is 0 Å². The summed E-state index contributed by atoms with van der Waals surface area (Å²) in [5.74, 6) is 3.20. The second-order valence-corrected chi connectivity index (χ2v) is 5.38. The number of aromatic nitrogens is 5. The quantitative estimate of drug-likeness (QED) is 0.837. The molecule has 2 aromatic rings. The van der Waals surface area contributed by atoms with E-state index < -0.39 is 0 Å². The van der Waals surface area contributed by atoms with Gasteiger partial charge >= 0.3 is 0 Å². The summed E-state index contributed by atoms with van der Waals surface area (Å²) in [6, 6.07) is 0.466. The molecule has 3 rings (SSSR count). The van der Waals surface area contributed by atoms with Crippen molar-refractivity contribution >= 4 is 0 Å². The molecule has 0 amide bonds. The van der Waals surface area contributed by atoms with Gasteiger partial charge in [0.1, 0.15) is 11.6 Å². The van der Waals surface area contributed by atoms with Crippen molar-refractivity contribution in [2.75, 3.05) is 6.54 Å². The Morgan fingerprint density at radius 1 is 1.25 bits per heavy atom. The van der Waals surface area contributed by atoms with Crippen LogP contribution in [-0.2, 0) is 13.1 Å². The normalized spacial score (nSPS) is 19.9. The Balaban J connectivity index is 1.67. The van der Waals surface area contributed by atoms with Crippen molar-refractivity contribution in [3.8, 4) is 0 Å². The van der Waals surface area contributed by atoms with E-state index in [4.69, 9.17) is 4.52 Å². The Morgan fingerprint density at radius 2 is 2.10 bits per heavy atom. The van der Waals surface area contributed by atoms with Gasteiger partial charge in [-0.2, -0.15) is 10.1 Å². The van der Waals surface area contributed by atoms with Crippen LogP contribution >= 0.6 is 0 Å². The summed E-state index contributed by atoms with van der Waals surface area (Å²) in [5.41, 5.74) is 0. The highest BCUT2D eigenvalue weighted by molar-refractivity contribution is 4.92. The SMILES string of the molecule is Cc1nc(C)n(CC2CCCN2Cc2noc(C)n2)n1. The molecule has 1 unspecified atom stereocenters. The van der Waals surface area contributed by atoms with E-state index in [1.807, 2.05) is 25.5 Å². The maximum atomic E-state index is 5.04. The molecular weight excluding hydrogens is 256 g/mol. The zero-order chi connectivity index (χ0) is 14.1. The number of nitrogens with zero attached hydrogens (tertiary/aromatic N) is 6. The standard InChI is InChI=1S/C13H20N6O/c1-9-14-10(2)19(16-9)7-12-5-4-6-18(12)8-13-15-11(3)20-17-13/h12H,4-8H2,1-3H3. The van der Waals surface area contributed by atoms with Crippen molar-refractivity contribution in [2.45, 2.75) is 52.7 Å². The first-order valence-corrected chi connectivity index (χ1v) is 7.03. The number of hydrogen-bond acceptors (Lipinski definition) is 6. The topological polar surface area (TPSA) is 72.9 Å². The van der Waals surface area contributed by atoms with Crippen LogP contribution in [0.1, 0.15) is 36.2 Å². The van der Waals surface area contributed by atoms with Crippen LogP contribution < -0.4 is 0 Å². The van der Waals surface area contributed by atoms with E-state index in [1.54, 1.807) is 0 Å². The van der Waals surface area contributed by atoms with Gasteiger partial charge in [-0.25, -0.2) is 9.67 Å². The molecular formula is C13H20N6O. The smallest absolute Gasteiger partial charge is 0.223 e. The van der Waals surface area contributed by atoms with Crippen LogP contribution in [0.5, 0.6) is 0 Å². The van der Waals surface area contributed by atoms with Gasteiger partial charge in [-0.05, 0) is 33.2 Å². The Bertz CT molecular complexity index is 589. The van der Waals surface area contributed by atoms with E-state index in [2.05, 4.69) is 25.1 Å². The summed E-state index contributed by atoms with van der Waals surface area (Å²) >= 11 is 0. The first-order valence-electron chi connectivity index (χ1n) is 7.03. The third-order valence-corrected chi connectivity index (χ3v) is 3.76. The van der Waals surface area contributed by atoms with Crippen molar-refractivity contribution in [1.29, 1.82) is 0 Å². The van der Waals surface area contributed by atoms with Crippen LogP contribution in [0.15, 0.2) is 4.52 Å². The Kier molecular flexibility index (Phi) is 3.52. The highest BCUT2D eigenvalue weighted by atomic mass is 16.5. The average molecular weight is 276 g/mol. The fourth-order valence-corrected chi connectivity index (χ4v) is 2.83. The highest BCUT2D eigenvalue weighted by Crippen LogP contribution is 2.21. The molecule has 3 heterocycles. The van der Waals surface area contributed by atoms with E-state index in [0.29, 0.717) is 11.9 Å². The lowest BCUT2D eigenvalue weighted by molar-refractivity contribution is 0.210. The van der Waals surface area contributed by atoms with Gasteiger partial charge in [0.05, 0.1) is 13.1 Å². The molecule has 1 saturated heterocycles. The van der Waals surface area contributed by atoms with E-state index in [0.717, 1.165) is 37.1 Å². The van der Waals surface area contributed by atoms with Crippen molar-refractivity contribution in [2.24, 2.45) is 0 Å². The molecule has 0 N–H and O–H groups in total. The van der Waals surface area contributed by atoms with Crippen molar-refractivity contribution in [3.63, 3.8) is 0 Å². The van der Waals surface area contributed by atoms with E-state index in [9.17, 15) is 0 Å². The van der Waals surface area contributed by atoms with Gasteiger partial charge in [0, 0.05) is 13.0 Å². The van der Waals surface area contributed by atoms with Crippen molar-refractivity contribution < 1.29 is 4.52 Å². The largest absolute Gasteiger partial charge is 0.340 e. The van der Waals surface area contributed by atoms with Gasteiger partial charge < -0.3 is 4.52 Å². The molecule has 0 spiro atoms. The number of aryl methyl sites for hydroxylation is 3. The summed E-state index contributed by atoms with van der Waals surface area (Å²) in [4.78, 5) is 11.0. The summed E-state index contributed by atoms with van der Waals surface area (Å²) < 4.78 is 7.04. The van der Waals surface area contributed by atoms with Crippen LogP contribution in [0.2, 0.25) is 0 Å². The lowest BCUT2D eigenvalue weighted by atomic mass is 10.2. The molecule has 7 nitrogen and oxygen atoms in total. The first kappa shape index (κ1) is 13.2. The molecule has 1 fully saturated rings. The fourth-order valence-electron chi connectivity index (χ4n) is 2.83. The average Bonchev–Trinajstić information content (AvgIpc) is 3.05. The van der Waals surface area contributed by atoms with Gasteiger partial charge in [-0.15, -0.1) is 0 Å². The molecule has 0 radical (unpaired) electrons.